The van der Waals surface area contributed by atoms with Gasteiger partial charge < -0.3 is 4.90 Å². The molecular weight excluding hydrogens is 344 g/mol. The number of rotatable bonds is 2. The molecule has 1 unspecified atom stereocenters. The lowest BCUT2D eigenvalue weighted by atomic mass is 10.0. The molecule has 1 fully saturated rings. The van der Waals surface area contributed by atoms with E-state index in [9.17, 15) is 14.4 Å². The molecule has 1 atom stereocenters. The largest absolute Gasteiger partial charge is 0.322 e. The first kappa shape index (κ1) is 15.7. The molecule has 0 spiro atoms. The van der Waals surface area contributed by atoms with E-state index in [2.05, 4.69) is 15.5 Å². The summed E-state index contributed by atoms with van der Waals surface area (Å²) in [4.78, 5) is 38.0. The Hall–Kier alpha value is -3.48. The van der Waals surface area contributed by atoms with Gasteiger partial charge in [-0.2, -0.15) is 5.10 Å². The summed E-state index contributed by atoms with van der Waals surface area (Å²) >= 11 is 0. The number of piperidine rings is 1. The molecule has 2 N–H and O–H groups in total. The molecule has 3 heterocycles. The van der Waals surface area contributed by atoms with Crippen molar-refractivity contribution in [1.29, 1.82) is 0 Å². The molecule has 2 aliphatic heterocycles. The van der Waals surface area contributed by atoms with Crippen molar-refractivity contribution in [3.63, 3.8) is 0 Å². The lowest BCUT2D eigenvalue weighted by molar-refractivity contribution is -0.136. The molecule has 7 nitrogen and oxygen atoms in total. The lowest BCUT2D eigenvalue weighted by Crippen LogP contribution is -2.52. The van der Waals surface area contributed by atoms with Crippen LogP contribution in [0.5, 0.6) is 0 Å². The molecule has 1 aromatic heterocycles. The zero-order valence-corrected chi connectivity index (χ0v) is 14.4. The number of hydrogen-bond donors (Lipinski definition) is 2. The fraction of sp³-hybridized carbons (Fsp3) is 0.200. The Labute approximate surface area is 154 Å². The van der Waals surface area contributed by atoms with Crippen LogP contribution in [0.3, 0.4) is 0 Å². The SMILES string of the molecule is O=C1CCC(N2Cc3ccc(-c4n[nH]c5ccccc45)cc3C2=O)C(=O)N1. The summed E-state index contributed by atoms with van der Waals surface area (Å²) in [5, 5.41) is 10.7. The van der Waals surface area contributed by atoms with Crippen LogP contribution in [0.1, 0.15) is 28.8 Å². The number of hydrogen-bond acceptors (Lipinski definition) is 4. The van der Waals surface area contributed by atoms with Crippen LogP contribution in [0.4, 0.5) is 0 Å². The van der Waals surface area contributed by atoms with Crippen molar-refractivity contribution in [3.05, 3.63) is 53.6 Å². The molecule has 0 radical (unpaired) electrons. The van der Waals surface area contributed by atoms with Crippen molar-refractivity contribution in [2.75, 3.05) is 0 Å². The van der Waals surface area contributed by atoms with E-state index >= 15 is 0 Å². The molecule has 5 rings (SSSR count). The monoisotopic (exact) mass is 360 g/mol. The Morgan fingerprint density at radius 2 is 1.93 bits per heavy atom. The minimum Gasteiger partial charge on any atom is -0.322 e. The van der Waals surface area contributed by atoms with Gasteiger partial charge in [0, 0.05) is 29.5 Å². The average Bonchev–Trinajstić information content (AvgIpc) is 3.23. The summed E-state index contributed by atoms with van der Waals surface area (Å²) in [5.74, 6) is -0.861. The summed E-state index contributed by atoms with van der Waals surface area (Å²) in [6, 6.07) is 12.9. The fourth-order valence-electron chi connectivity index (χ4n) is 3.89. The van der Waals surface area contributed by atoms with Crippen LogP contribution in [0.25, 0.3) is 22.2 Å². The van der Waals surface area contributed by atoms with Crippen molar-refractivity contribution in [3.8, 4) is 11.3 Å². The highest BCUT2D eigenvalue weighted by molar-refractivity contribution is 6.06. The number of benzene rings is 2. The topological polar surface area (TPSA) is 95.2 Å². The van der Waals surface area contributed by atoms with Gasteiger partial charge in [-0.15, -0.1) is 0 Å². The van der Waals surface area contributed by atoms with Crippen molar-refractivity contribution in [1.82, 2.24) is 20.4 Å². The molecular formula is C20H16N4O3. The number of H-pyrrole nitrogens is 1. The van der Waals surface area contributed by atoms with Crippen molar-refractivity contribution < 1.29 is 14.4 Å². The molecule has 3 amide bonds. The highest BCUT2D eigenvalue weighted by Gasteiger charge is 2.39. The normalized spacial score (nSPS) is 19.5. The van der Waals surface area contributed by atoms with Crippen LogP contribution >= 0.6 is 0 Å². The van der Waals surface area contributed by atoms with Gasteiger partial charge in [-0.05, 0) is 24.1 Å². The Morgan fingerprint density at radius 3 is 2.78 bits per heavy atom. The predicted molar refractivity (Wildman–Crippen MR) is 97.6 cm³/mol. The number of nitrogens with zero attached hydrogens (tertiary/aromatic N) is 2. The average molecular weight is 360 g/mol. The zero-order valence-electron chi connectivity index (χ0n) is 14.4. The Balaban J connectivity index is 1.50. The molecule has 0 bridgehead atoms. The van der Waals surface area contributed by atoms with E-state index in [0.29, 0.717) is 18.5 Å². The highest BCUT2D eigenvalue weighted by Crippen LogP contribution is 2.32. The third kappa shape index (κ3) is 2.43. The predicted octanol–water partition coefficient (Wildman–Crippen LogP) is 1.99. The fourth-order valence-corrected chi connectivity index (χ4v) is 3.89. The van der Waals surface area contributed by atoms with Crippen molar-refractivity contribution in [2.24, 2.45) is 0 Å². The van der Waals surface area contributed by atoms with Crippen LogP contribution in [-0.4, -0.2) is 38.9 Å². The Kier molecular flexibility index (Phi) is 3.36. The number of carbonyl (C=O) groups excluding carboxylic acids is 3. The first-order chi connectivity index (χ1) is 13.1. The molecule has 134 valence electrons. The number of nitrogens with one attached hydrogen (secondary N) is 2. The number of fused-ring (bicyclic) bond motifs is 2. The third-order valence-corrected chi connectivity index (χ3v) is 5.27. The van der Waals surface area contributed by atoms with Crippen LogP contribution < -0.4 is 5.32 Å². The first-order valence-corrected chi connectivity index (χ1v) is 8.83. The molecule has 27 heavy (non-hydrogen) atoms. The first-order valence-electron chi connectivity index (χ1n) is 8.83. The number of para-hydroxylation sites is 1. The van der Waals surface area contributed by atoms with E-state index in [1.807, 2.05) is 42.5 Å². The van der Waals surface area contributed by atoms with Gasteiger partial charge in [0.2, 0.25) is 11.8 Å². The van der Waals surface area contributed by atoms with E-state index in [4.69, 9.17) is 0 Å². The summed E-state index contributed by atoms with van der Waals surface area (Å²) < 4.78 is 0. The lowest BCUT2D eigenvalue weighted by Gasteiger charge is -2.29. The van der Waals surface area contributed by atoms with Crippen LogP contribution in [0, 0.1) is 0 Å². The van der Waals surface area contributed by atoms with E-state index in [1.165, 1.54) is 0 Å². The van der Waals surface area contributed by atoms with Gasteiger partial charge in [0.15, 0.2) is 0 Å². The van der Waals surface area contributed by atoms with E-state index in [-0.39, 0.29) is 18.2 Å². The molecule has 3 aromatic rings. The summed E-state index contributed by atoms with van der Waals surface area (Å²) in [5.41, 5.74) is 4.05. The van der Waals surface area contributed by atoms with Gasteiger partial charge in [-0.3, -0.25) is 24.8 Å². The maximum Gasteiger partial charge on any atom is 0.255 e. The third-order valence-electron chi connectivity index (χ3n) is 5.27. The second-order valence-corrected chi connectivity index (χ2v) is 6.89. The Morgan fingerprint density at radius 1 is 1.07 bits per heavy atom. The van der Waals surface area contributed by atoms with E-state index < -0.39 is 11.9 Å². The quantitative estimate of drug-likeness (QED) is 0.683. The number of amides is 3. The van der Waals surface area contributed by atoms with E-state index in [0.717, 1.165) is 27.7 Å². The molecule has 1 saturated heterocycles. The molecule has 2 aromatic carbocycles. The number of imide groups is 1. The van der Waals surface area contributed by atoms with Gasteiger partial charge in [0.25, 0.3) is 5.91 Å². The minimum atomic E-state index is -0.600. The highest BCUT2D eigenvalue weighted by atomic mass is 16.2. The van der Waals surface area contributed by atoms with Gasteiger partial charge in [-0.25, -0.2) is 0 Å². The number of aromatic nitrogens is 2. The summed E-state index contributed by atoms with van der Waals surface area (Å²) in [7, 11) is 0. The maximum absolute atomic E-state index is 12.9. The minimum absolute atomic E-state index is 0.179. The molecule has 7 heteroatoms. The van der Waals surface area contributed by atoms with Gasteiger partial charge in [0.05, 0.1) is 11.2 Å². The number of carbonyl (C=O) groups is 3. The second-order valence-electron chi connectivity index (χ2n) is 6.89. The van der Waals surface area contributed by atoms with Gasteiger partial charge >= 0.3 is 0 Å². The van der Waals surface area contributed by atoms with Crippen LogP contribution in [0.15, 0.2) is 42.5 Å². The van der Waals surface area contributed by atoms with Crippen molar-refractivity contribution >= 4 is 28.6 Å². The maximum atomic E-state index is 12.9. The van der Waals surface area contributed by atoms with Crippen LogP contribution in [0.2, 0.25) is 0 Å². The number of aromatic amines is 1. The second kappa shape index (κ2) is 5.77. The Bertz CT molecular complexity index is 1120. The zero-order chi connectivity index (χ0) is 18.5. The van der Waals surface area contributed by atoms with Gasteiger partial charge in [-0.1, -0.05) is 30.3 Å². The van der Waals surface area contributed by atoms with Crippen LogP contribution in [-0.2, 0) is 16.1 Å². The summed E-state index contributed by atoms with van der Waals surface area (Å²) in [6.07, 6.45) is 0.613. The smallest absolute Gasteiger partial charge is 0.255 e. The van der Waals surface area contributed by atoms with Crippen molar-refractivity contribution in [2.45, 2.75) is 25.4 Å². The standard InChI is InChI=1S/C20H16N4O3/c25-17-8-7-16(19(26)21-17)24-10-12-6-5-11(9-14(12)20(24)27)18-13-3-1-2-4-15(13)22-23-18/h1-6,9,16H,7-8,10H2,(H,22,23)(H,21,25,26). The molecule has 2 aliphatic rings. The van der Waals surface area contributed by atoms with E-state index in [1.54, 1.807) is 4.90 Å². The van der Waals surface area contributed by atoms with Gasteiger partial charge in [0.1, 0.15) is 6.04 Å². The summed E-state index contributed by atoms with van der Waals surface area (Å²) in [6.45, 7) is 0.377. The molecule has 0 aliphatic carbocycles. The molecule has 0 saturated carbocycles.